The van der Waals surface area contributed by atoms with Crippen molar-refractivity contribution in [2.24, 2.45) is 5.92 Å². The molecule has 0 radical (unpaired) electrons. The number of ether oxygens (including phenoxy) is 1. The van der Waals surface area contributed by atoms with E-state index in [1.165, 1.54) is 24.0 Å². The quantitative estimate of drug-likeness (QED) is 0.841. The van der Waals surface area contributed by atoms with Crippen LogP contribution in [0.4, 0.5) is 0 Å². The molecule has 1 aromatic rings. The molecule has 2 atom stereocenters. The highest BCUT2D eigenvalue weighted by molar-refractivity contribution is 5.43. The summed E-state index contributed by atoms with van der Waals surface area (Å²) >= 11 is 0. The van der Waals surface area contributed by atoms with Gasteiger partial charge in [-0.2, -0.15) is 0 Å². The van der Waals surface area contributed by atoms with Crippen molar-refractivity contribution in [1.29, 1.82) is 0 Å². The minimum atomic E-state index is 0.175. The van der Waals surface area contributed by atoms with Crippen LogP contribution in [-0.2, 0) is 6.42 Å². The second-order valence-electron chi connectivity index (χ2n) is 5.16. The highest BCUT2D eigenvalue weighted by atomic mass is 16.5. The van der Waals surface area contributed by atoms with Gasteiger partial charge in [-0.3, -0.25) is 0 Å². The Morgan fingerprint density at radius 3 is 3.06 bits per heavy atom. The van der Waals surface area contributed by atoms with Gasteiger partial charge in [0.25, 0.3) is 0 Å². The number of nitrogens with one attached hydrogen (secondary N) is 1. The average Bonchev–Trinajstić information content (AvgIpc) is 2.43. The standard InChI is InChI=1S/C15H23NO2/c1-11(9-17)10-18-15-8-4-5-12-13(15)6-3-7-14(12)16-2/h4-5,8,11,14,16-17H,3,6-7,9-10H2,1-2H3. The topological polar surface area (TPSA) is 41.5 Å². The van der Waals surface area contributed by atoms with E-state index in [9.17, 15) is 0 Å². The van der Waals surface area contributed by atoms with E-state index in [4.69, 9.17) is 9.84 Å². The molecular formula is C15H23NO2. The average molecular weight is 249 g/mol. The molecule has 0 heterocycles. The van der Waals surface area contributed by atoms with Gasteiger partial charge < -0.3 is 15.2 Å². The zero-order chi connectivity index (χ0) is 13.0. The maximum Gasteiger partial charge on any atom is 0.122 e. The SMILES string of the molecule is CNC1CCCc2c(OCC(C)CO)cccc21. The molecule has 100 valence electrons. The van der Waals surface area contributed by atoms with Gasteiger partial charge in [0.05, 0.1) is 6.61 Å². The van der Waals surface area contributed by atoms with Crippen LogP contribution in [-0.4, -0.2) is 25.4 Å². The van der Waals surface area contributed by atoms with Crippen LogP contribution >= 0.6 is 0 Å². The molecule has 0 saturated carbocycles. The molecular weight excluding hydrogens is 226 g/mol. The number of hydrogen-bond donors (Lipinski definition) is 2. The summed E-state index contributed by atoms with van der Waals surface area (Å²) < 4.78 is 5.86. The van der Waals surface area contributed by atoms with E-state index in [1.807, 2.05) is 20.0 Å². The monoisotopic (exact) mass is 249 g/mol. The lowest BCUT2D eigenvalue weighted by Gasteiger charge is -2.27. The number of fused-ring (bicyclic) bond motifs is 1. The fourth-order valence-corrected chi connectivity index (χ4v) is 2.53. The molecule has 0 aliphatic heterocycles. The molecule has 0 saturated heterocycles. The van der Waals surface area contributed by atoms with Crippen molar-refractivity contribution in [3.63, 3.8) is 0 Å². The van der Waals surface area contributed by atoms with E-state index < -0.39 is 0 Å². The van der Waals surface area contributed by atoms with Crippen molar-refractivity contribution in [3.8, 4) is 5.75 Å². The molecule has 0 fully saturated rings. The first-order chi connectivity index (χ1) is 8.76. The number of benzene rings is 1. The summed E-state index contributed by atoms with van der Waals surface area (Å²) in [6, 6.07) is 6.75. The van der Waals surface area contributed by atoms with Crippen molar-refractivity contribution >= 4 is 0 Å². The second-order valence-corrected chi connectivity index (χ2v) is 5.16. The molecule has 0 aromatic heterocycles. The summed E-state index contributed by atoms with van der Waals surface area (Å²) in [5.74, 6) is 1.18. The van der Waals surface area contributed by atoms with Gasteiger partial charge in [0.2, 0.25) is 0 Å². The third kappa shape index (κ3) is 2.85. The van der Waals surface area contributed by atoms with Gasteiger partial charge in [0.15, 0.2) is 0 Å². The predicted octanol–water partition coefficient (Wildman–Crippen LogP) is 2.29. The summed E-state index contributed by atoms with van der Waals surface area (Å²) in [6.07, 6.45) is 3.49. The lowest BCUT2D eigenvalue weighted by atomic mass is 9.87. The van der Waals surface area contributed by atoms with Gasteiger partial charge in [-0.25, -0.2) is 0 Å². The highest BCUT2D eigenvalue weighted by Gasteiger charge is 2.21. The molecule has 1 aromatic carbocycles. The number of aliphatic hydroxyl groups is 1. The Morgan fingerprint density at radius 2 is 2.33 bits per heavy atom. The predicted molar refractivity (Wildman–Crippen MR) is 72.9 cm³/mol. The van der Waals surface area contributed by atoms with Gasteiger partial charge in [-0.1, -0.05) is 19.1 Å². The zero-order valence-corrected chi connectivity index (χ0v) is 11.3. The first-order valence-corrected chi connectivity index (χ1v) is 6.79. The van der Waals surface area contributed by atoms with E-state index in [0.717, 1.165) is 12.2 Å². The van der Waals surface area contributed by atoms with Gasteiger partial charge >= 0.3 is 0 Å². The van der Waals surface area contributed by atoms with Crippen LogP contribution in [0.5, 0.6) is 5.75 Å². The molecule has 3 heteroatoms. The van der Waals surface area contributed by atoms with Crippen LogP contribution < -0.4 is 10.1 Å². The van der Waals surface area contributed by atoms with Gasteiger partial charge in [0, 0.05) is 18.6 Å². The van der Waals surface area contributed by atoms with Crippen molar-refractivity contribution in [2.45, 2.75) is 32.2 Å². The van der Waals surface area contributed by atoms with Gasteiger partial charge in [0.1, 0.15) is 5.75 Å². The molecule has 2 N–H and O–H groups in total. The smallest absolute Gasteiger partial charge is 0.122 e. The van der Waals surface area contributed by atoms with Crippen molar-refractivity contribution in [1.82, 2.24) is 5.32 Å². The van der Waals surface area contributed by atoms with Crippen molar-refractivity contribution in [2.75, 3.05) is 20.3 Å². The summed E-state index contributed by atoms with van der Waals surface area (Å²) in [6.45, 7) is 2.75. The van der Waals surface area contributed by atoms with Crippen molar-refractivity contribution < 1.29 is 9.84 Å². The summed E-state index contributed by atoms with van der Waals surface area (Å²) in [7, 11) is 2.02. The first kappa shape index (κ1) is 13.4. The van der Waals surface area contributed by atoms with Crippen LogP contribution in [0, 0.1) is 5.92 Å². The summed E-state index contributed by atoms with van der Waals surface area (Å²) in [4.78, 5) is 0. The Bertz CT molecular complexity index is 392. The molecule has 1 aliphatic carbocycles. The van der Waals surface area contributed by atoms with E-state index in [2.05, 4.69) is 17.4 Å². The summed E-state index contributed by atoms with van der Waals surface area (Å²) in [5, 5.41) is 12.4. The third-order valence-electron chi connectivity index (χ3n) is 3.65. The van der Waals surface area contributed by atoms with E-state index >= 15 is 0 Å². The zero-order valence-electron chi connectivity index (χ0n) is 11.3. The van der Waals surface area contributed by atoms with E-state index in [0.29, 0.717) is 12.6 Å². The molecule has 0 amide bonds. The van der Waals surface area contributed by atoms with E-state index in [1.54, 1.807) is 0 Å². The number of hydrogen-bond acceptors (Lipinski definition) is 3. The lowest BCUT2D eigenvalue weighted by molar-refractivity contribution is 0.173. The minimum absolute atomic E-state index is 0.175. The molecule has 1 aliphatic rings. The van der Waals surface area contributed by atoms with Gasteiger partial charge in [-0.15, -0.1) is 0 Å². The number of rotatable bonds is 5. The maximum atomic E-state index is 9.04. The fraction of sp³-hybridized carbons (Fsp3) is 0.600. The molecule has 3 nitrogen and oxygen atoms in total. The lowest BCUT2D eigenvalue weighted by Crippen LogP contribution is -2.22. The van der Waals surface area contributed by atoms with Crippen LogP contribution in [0.25, 0.3) is 0 Å². The Kier molecular flexibility index (Phi) is 4.61. The highest BCUT2D eigenvalue weighted by Crippen LogP contribution is 2.35. The second kappa shape index (κ2) is 6.21. The molecule has 2 unspecified atom stereocenters. The summed E-state index contributed by atoms with van der Waals surface area (Å²) in [5.41, 5.74) is 2.71. The first-order valence-electron chi connectivity index (χ1n) is 6.79. The van der Waals surface area contributed by atoms with E-state index in [-0.39, 0.29) is 12.5 Å². The minimum Gasteiger partial charge on any atom is -0.493 e. The van der Waals surface area contributed by atoms with Crippen LogP contribution in [0.3, 0.4) is 0 Å². The molecule has 18 heavy (non-hydrogen) atoms. The molecule has 2 rings (SSSR count). The third-order valence-corrected chi connectivity index (χ3v) is 3.65. The number of aliphatic hydroxyl groups excluding tert-OH is 1. The Hall–Kier alpha value is -1.06. The molecule has 0 spiro atoms. The maximum absolute atomic E-state index is 9.04. The van der Waals surface area contributed by atoms with Crippen LogP contribution in [0.2, 0.25) is 0 Å². The fourth-order valence-electron chi connectivity index (χ4n) is 2.53. The Labute approximate surface area is 109 Å². The largest absolute Gasteiger partial charge is 0.493 e. The Morgan fingerprint density at radius 1 is 1.50 bits per heavy atom. The normalized spacial score (nSPS) is 20.3. The Balaban J connectivity index is 2.16. The van der Waals surface area contributed by atoms with Crippen molar-refractivity contribution in [3.05, 3.63) is 29.3 Å². The van der Waals surface area contributed by atoms with Crippen LogP contribution in [0.1, 0.15) is 36.9 Å². The molecule has 0 bridgehead atoms. The van der Waals surface area contributed by atoms with Gasteiger partial charge in [-0.05, 0) is 43.5 Å². The van der Waals surface area contributed by atoms with Crippen LogP contribution in [0.15, 0.2) is 18.2 Å².